The van der Waals surface area contributed by atoms with E-state index in [4.69, 9.17) is 0 Å². The van der Waals surface area contributed by atoms with Gasteiger partial charge in [0.2, 0.25) is 0 Å². The summed E-state index contributed by atoms with van der Waals surface area (Å²) in [5.41, 5.74) is 3.98. The number of fused-ring (bicyclic) bond motifs is 1. The van der Waals surface area contributed by atoms with Gasteiger partial charge in [-0.3, -0.25) is 4.68 Å². The van der Waals surface area contributed by atoms with Crippen LogP contribution in [0.1, 0.15) is 29.4 Å². The topological polar surface area (TPSA) is 38.0 Å². The molecule has 1 aliphatic rings. The SMILES string of the molecule is CCc1nn(C)c(CC2(O)Cc3ccccc3C2)c1Br. The summed E-state index contributed by atoms with van der Waals surface area (Å²) >= 11 is 3.63. The zero-order chi connectivity index (χ0) is 14.3. The summed E-state index contributed by atoms with van der Waals surface area (Å²) in [5.74, 6) is 0. The lowest BCUT2D eigenvalue weighted by Gasteiger charge is -2.22. The molecule has 0 fully saturated rings. The molecule has 20 heavy (non-hydrogen) atoms. The van der Waals surface area contributed by atoms with Crippen LogP contribution in [-0.2, 0) is 32.7 Å². The molecule has 2 aromatic rings. The highest BCUT2D eigenvalue weighted by atomic mass is 79.9. The number of benzene rings is 1. The minimum Gasteiger partial charge on any atom is -0.389 e. The highest BCUT2D eigenvalue weighted by Gasteiger charge is 2.36. The van der Waals surface area contributed by atoms with E-state index in [-0.39, 0.29) is 0 Å². The molecule has 1 aromatic heterocycles. The van der Waals surface area contributed by atoms with Gasteiger partial charge in [0.25, 0.3) is 0 Å². The summed E-state index contributed by atoms with van der Waals surface area (Å²) in [4.78, 5) is 0. The maximum absolute atomic E-state index is 10.9. The van der Waals surface area contributed by atoms with Gasteiger partial charge < -0.3 is 5.11 Å². The summed E-state index contributed by atoms with van der Waals surface area (Å²) in [7, 11) is 1.95. The fourth-order valence-corrected chi connectivity index (χ4v) is 3.88. The molecule has 0 spiro atoms. The van der Waals surface area contributed by atoms with E-state index in [1.165, 1.54) is 11.1 Å². The fourth-order valence-electron chi connectivity index (χ4n) is 3.12. The van der Waals surface area contributed by atoms with Crippen LogP contribution in [0.3, 0.4) is 0 Å². The third kappa shape index (κ3) is 2.31. The molecule has 0 saturated carbocycles. The number of aryl methyl sites for hydroxylation is 2. The minimum absolute atomic E-state index is 0.631. The van der Waals surface area contributed by atoms with Crippen molar-refractivity contribution in [1.82, 2.24) is 9.78 Å². The van der Waals surface area contributed by atoms with Gasteiger partial charge in [-0.15, -0.1) is 0 Å². The third-order valence-electron chi connectivity index (χ3n) is 4.16. The van der Waals surface area contributed by atoms with Crippen LogP contribution < -0.4 is 0 Å². The Morgan fingerprint density at radius 1 is 1.30 bits per heavy atom. The van der Waals surface area contributed by atoms with Gasteiger partial charge in [-0.05, 0) is 33.5 Å². The lowest BCUT2D eigenvalue weighted by molar-refractivity contribution is 0.0497. The molecule has 0 atom stereocenters. The predicted octanol–water partition coefficient (Wildman–Crippen LogP) is 2.82. The van der Waals surface area contributed by atoms with E-state index < -0.39 is 5.60 Å². The summed E-state index contributed by atoms with van der Waals surface area (Å²) in [5, 5.41) is 15.4. The van der Waals surface area contributed by atoms with E-state index in [2.05, 4.69) is 40.1 Å². The second-order valence-electron chi connectivity index (χ2n) is 5.71. The number of hydrogen-bond donors (Lipinski definition) is 1. The van der Waals surface area contributed by atoms with Gasteiger partial charge >= 0.3 is 0 Å². The smallest absolute Gasteiger partial charge is 0.0783 e. The second kappa shape index (κ2) is 5.01. The average Bonchev–Trinajstić information content (AvgIpc) is 2.89. The fraction of sp³-hybridized carbons (Fsp3) is 0.438. The van der Waals surface area contributed by atoms with Crippen molar-refractivity contribution < 1.29 is 5.11 Å². The first-order chi connectivity index (χ1) is 9.52. The lowest BCUT2D eigenvalue weighted by Crippen LogP contribution is -2.33. The van der Waals surface area contributed by atoms with Gasteiger partial charge in [0.15, 0.2) is 0 Å². The number of halogens is 1. The van der Waals surface area contributed by atoms with Crippen molar-refractivity contribution in [3.63, 3.8) is 0 Å². The molecular weight excluding hydrogens is 316 g/mol. The number of hydrogen-bond acceptors (Lipinski definition) is 2. The molecule has 106 valence electrons. The van der Waals surface area contributed by atoms with Crippen LogP contribution in [0.5, 0.6) is 0 Å². The summed E-state index contributed by atoms with van der Waals surface area (Å²) in [6, 6.07) is 8.31. The first-order valence-electron chi connectivity index (χ1n) is 7.02. The Hall–Kier alpha value is -1.13. The molecule has 1 aromatic carbocycles. The molecule has 1 heterocycles. The van der Waals surface area contributed by atoms with Crippen LogP contribution in [0.15, 0.2) is 28.7 Å². The summed E-state index contributed by atoms with van der Waals surface area (Å²) in [6.45, 7) is 2.09. The van der Waals surface area contributed by atoms with Crippen molar-refractivity contribution in [1.29, 1.82) is 0 Å². The van der Waals surface area contributed by atoms with Crippen molar-refractivity contribution in [2.24, 2.45) is 7.05 Å². The normalized spacial score (nSPS) is 16.4. The van der Waals surface area contributed by atoms with Crippen LogP contribution >= 0.6 is 15.9 Å². The maximum atomic E-state index is 10.9. The molecule has 0 saturated heterocycles. The summed E-state index contributed by atoms with van der Waals surface area (Å²) in [6.07, 6.45) is 2.98. The maximum Gasteiger partial charge on any atom is 0.0783 e. The predicted molar refractivity (Wildman–Crippen MR) is 82.8 cm³/mol. The van der Waals surface area contributed by atoms with Crippen molar-refractivity contribution in [3.05, 3.63) is 51.3 Å². The first-order valence-corrected chi connectivity index (χ1v) is 7.81. The van der Waals surface area contributed by atoms with Crippen molar-refractivity contribution in [3.8, 4) is 0 Å². The van der Waals surface area contributed by atoms with Gasteiger partial charge in [-0.25, -0.2) is 0 Å². The minimum atomic E-state index is -0.689. The molecule has 1 N–H and O–H groups in total. The Balaban J connectivity index is 1.88. The van der Waals surface area contributed by atoms with E-state index in [1.807, 2.05) is 23.9 Å². The number of rotatable bonds is 3. The van der Waals surface area contributed by atoms with E-state index in [0.717, 1.165) is 35.1 Å². The quantitative estimate of drug-likeness (QED) is 0.937. The van der Waals surface area contributed by atoms with Gasteiger partial charge in [0.05, 0.1) is 21.5 Å². The van der Waals surface area contributed by atoms with Gasteiger partial charge in [0.1, 0.15) is 0 Å². The van der Waals surface area contributed by atoms with Gasteiger partial charge in [-0.1, -0.05) is 31.2 Å². The van der Waals surface area contributed by atoms with Gasteiger partial charge in [-0.2, -0.15) is 5.10 Å². The Morgan fingerprint density at radius 3 is 2.40 bits per heavy atom. The van der Waals surface area contributed by atoms with Crippen molar-refractivity contribution in [2.45, 2.75) is 38.2 Å². The first kappa shape index (κ1) is 13.8. The van der Waals surface area contributed by atoms with Crippen LogP contribution in [0, 0.1) is 0 Å². The lowest BCUT2D eigenvalue weighted by atomic mass is 9.94. The third-order valence-corrected chi connectivity index (χ3v) is 5.07. The average molecular weight is 335 g/mol. The zero-order valence-electron chi connectivity index (χ0n) is 11.9. The van der Waals surface area contributed by atoms with Crippen molar-refractivity contribution >= 4 is 15.9 Å². The molecule has 0 unspecified atom stereocenters. The standard InChI is InChI=1S/C16H19BrN2O/c1-3-13-15(17)14(19(2)18-13)10-16(20)8-11-6-4-5-7-12(11)9-16/h4-7,20H,3,8-10H2,1-2H3. The number of aliphatic hydroxyl groups is 1. The van der Waals surface area contributed by atoms with E-state index >= 15 is 0 Å². The van der Waals surface area contributed by atoms with Crippen LogP contribution in [0.2, 0.25) is 0 Å². The molecule has 3 nitrogen and oxygen atoms in total. The molecule has 1 aliphatic carbocycles. The Labute approximate surface area is 127 Å². The Bertz CT molecular complexity index is 623. The monoisotopic (exact) mass is 334 g/mol. The summed E-state index contributed by atoms with van der Waals surface area (Å²) < 4.78 is 2.94. The molecular formula is C16H19BrN2O. The van der Waals surface area contributed by atoms with Crippen molar-refractivity contribution in [2.75, 3.05) is 0 Å². The number of aromatic nitrogens is 2. The van der Waals surface area contributed by atoms with Gasteiger partial charge in [0, 0.05) is 26.3 Å². The molecule has 0 aliphatic heterocycles. The largest absolute Gasteiger partial charge is 0.389 e. The van der Waals surface area contributed by atoms with E-state index in [0.29, 0.717) is 6.42 Å². The molecule has 4 heteroatoms. The highest BCUT2D eigenvalue weighted by Crippen LogP contribution is 2.34. The van der Waals surface area contributed by atoms with E-state index in [1.54, 1.807) is 0 Å². The van der Waals surface area contributed by atoms with Crippen LogP contribution in [0.4, 0.5) is 0 Å². The molecule has 0 bridgehead atoms. The number of nitrogens with zero attached hydrogens (tertiary/aromatic N) is 2. The molecule has 0 radical (unpaired) electrons. The van der Waals surface area contributed by atoms with Crippen LogP contribution in [0.25, 0.3) is 0 Å². The second-order valence-corrected chi connectivity index (χ2v) is 6.50. The van der Waals surface area contributed by atoms with E-state index in [9.17, 15) is 5.11 Å². The van der Waals surface area contributed by atoms with Crippen LogP contribution in [-0.4, -0.2) is 20.5 Å². The highest BCUT2D eigenvalue weighted by molar-refractivity contribution is 9.10. The molecule has 3 rings (SSSR count). The molecule has 0 amide bonds. The Kier molecular flexibility index (Phi) is 3.46. The zero-order valence-corrected chi connectivity index (χ0v) is 13.4. The Morgan fingerprint density at radius 2 is 1.90 bits per heavy atom.